The Balaban J connectivity index is 2.53. The lowest BCUT2D eigenvalue weighted by atomic mass is 9.82. The summed E-state index contributed by atoms with van der Waals surface area (Å²) in [5.41, 5.74) is 0.116. The monoisotopic (exact) mass is 272 g/mol. The smallest absolute Gasteiger partial charge is 0.237 e. The molecule has 1 fully saturated rings. The summed E-state index contributed by atoms with van der Waals surface area (Å²) in [7, 11) is 0. The van der Waals surface area contributed by atoms with Crippen LogP contribution in [0.4, 0.5) is 0 Å². The van der Waals surface area contributed by atoms with Crippen molar-refractivity contribution in [2.24, 2.45) is 5.41 Å². The Hall–Kier alpha value is -0.220. The van der Waals surface area contributed by atoms with E-state index in [1.165, 1.54) is 12.2 Å². The molecule has 4 heteroatoms. The Morgan fingerprint density at radius 3 is 2.50 bits per heavy atom. The minimum Gasteiger partial charge on any atom is -0.350 e. The molecule has 1 saturated heterocycles. The van der Waals surface area contributed by atoms with Crippen molar-refractivity contribution >= 4 is 17.7 Å². The second-order valence-corrected chi connectivity index (χ2v) is 8.14. The molecule has 0 aromatic rings. The molecule has 0 bridgehead atoms. The molecule has 1 aliphatic heterocycles. The molecule has 1 heterocycles. The summed E-state index contributed by atoms with van der Waals surface area (Å²) in [6, 6.07) is 0.282. The van der Waals surface area contributed by atoms with E-state index in [4.69, 9.17) is 0 Å². The summed E-state index contributed by atoms with van der Waals surface area (Å²) in [6.07, 6.45) is 1.21. The summed E-state index contributed by atoms with van der Waals surface area (Å²) in [5.74, 6) is 2.42. The van der Waals surface area contributed by atoms with Crippen LogP contribution in [-0.2, 0) is 4.79 Å². The third kappa shape index (κ3) is 4.81. The van der Waals surface area contributed by atoms with Gasteiger partial charge in [-0.25, -0.2) is 0 Å². The van der Waals surface area contributed by atoms with Crippen molar-refractivity contribution in [3.05, 3.63) is 0 Å². The van der Waals surface area contributed by atoms with Crippen molar-refractivity contribution in [1.82, 2.24) is 10.6 Å². The average molecular weight is 272 g/mol. The zero-order valence-corrected chi connectivity index (χ0v) is 13.4. The Labute approximate surface area is 116 Å². The molecular formula is C14H28N2OS. The fraction of sp³-hybridized carbons (Fsp3) is 0.929. The minimum atomic E-state index is -0.163. The number of rotatable bonds is 3. The molecule has 0 aromatic heterocycles. The highest BCUT2D eigenvalue weighted by atomic mass is 32.2. The van der Waals surface area contributed by atoms with E-state index in [9.17, 15) is 4.79 Å². The van der Waals surface area contributed by atoms with E-state index < -0.39 is 0 Å². The van der Waals surface area contributed by atoms with E-state index in [0.29, 0.717) is 6.04 Å². The molecule has 0 saturated carbocycles. The van der Waals surface area contributed by atoms with Gasteiger partial charge >= 0.3 is 0 Å². The van der Waals surface area contributed by atoms with E-state index in [0.717, 1.165) is 5.75 Å². The minimum absolute atomic E-state index is 0.0915. The van der Waals surface area contributed by atoms with Crippen molar-refractivity contribution in [3.63, 3.8) is 0 Å². The molecule has 3 nitrogen and oxygen atoms in total. The number of carbonyl (C=O) groups excluding carboxylic acids is 1. The first kappa shape index (κ1) is 15.8. The SMILES string of the molecule is CC(NC1CSCCC1(C)C)C(=O)NC(C)(C)C. The first-order valence-corrected chi connectivity index (χ1v) is 7.93. The summed E-state index contributed by atoms with van der Waals surface area (Å²) >= 11 is 1.98. The van der Waals surface area contributed by atoms with Crippen LogP contribution in [-0.4, -0.2) is 35.0 Å². The predicted octanol–water partition coefficient (Wildman–Crippen LogP) is 2.41. The number of amides is 1. The topological polar surface area (TPSA) is 41.1 Å². The zero-order chi connectivity index (χ0) is 14.0. The first-order chi connectivity index (χ1) is 8.12. The second-order valence-electron chi connectivity index (χ2n) is 6.99. The largest absolute Gasteiger partial charge is 0.350 e. The van der Waals surface area contributed by atoms with Gasteiger partial charge in [0.15, 0.2) is 0 Å². The number of hydrogen-bond acceptors (Lipinski definition) is 3. The van der Waals surface area contributed by atoms with Crippen LogP contribution in [0.15, 0.2) is 0 Å². The van der Waals surface area contributed by atoms with Gasteiger partial charge in [-0.05, 0) is 45.3 Å². The van der Waals surface area contributed by atoms with Gasteiger partial charge in [0.25, 0.3) is 0 Å². The van der Waals surface area contributed by atoms with E-state index in [2.05, 4.69) is 24.5 Å². The van der Waals surface area contributed by atoms with Crippen LogP contribution in [0.5, 0.6) is 0 Å². The molecular weight excluding hydrogens is 244 g/mol. The molecule has 1 aliphatic rings. The highest BCUT2D eigenvalue weighted by Crippen LogP contribution is 2.34. The van der Waals surface area contributed by atoms with Crippen LogP contribution in [0.25, 0.3) is 0 Å². The van der Waals surface area contributed by atoms with Gasteiger partial charge < -0.3 is 10.6 Å². The number of thioether (sulfide) groups is 1. The third-order valence-corrected chi connectivity index (χ3v) is 4.52. The molecule has 0 aliphatic carbocycles. The first-order valence-electron chi connectivity index (χ1n) is 6.78. The summed E-state index contributed by atoms with van der Waals surface area (Å²) < 4.78 is 0. The van der Waals surface area contributed by atoms with Gasteiger partial charge in [-0.1, -0.05) is 13.8 Å². The van der Waals surface area contributed by atoms with Gasteiger partial charge in [0.05, 0.1) is 6.04 Å². The second kappa shape index (κ2) is 5.83. The van der Waals surface area contributed by atoms with Crippen molar-refractivity contribution in [2.75, 3.05) is 11.5 Å². The molecule has 2 N–H and O–H groups in total. The number of hydrogen-bond donors (Lipinski definition) is 2. The lowest BCUT2D eigenvalue weighted by Gasteiger charge is -2.40. The van der Waals surface area contributed by atoms with Gasteiger partial charge in [-0.2, -0.15) is 11.8 Å². The Kier molecular flexibility index (Phi) is 5.13. The lowest BCUT2D eigenvalue weighted by Crippen LogP contribution is -2.56. The lowest BCUT2D eigenvalue weighted by molar-refractivity contribution is -0.124. The van der Waals surface area contributed by atoms with Crippen molar-refractivity contribution in [2.45, 2.75) is 65.6 Å². The fourth-order valence-corrected chi connectivity index (χ4v) is 3.69. The van der Waals surface area contributed by atoms with Crippen LogP contribution in [0.2, 0.25) is 0 Å². The molecule has 1 rings (SSSR count). The Bertz CT molecular complexity index is 297. The maximum atomic E-state index is 12.1. The van der Waals surface area contributed by atoms with E-state index in [1.54, 1.807) is 0 Å². The Morgan fingerprint density at radius 1 is 1.39 bits per heavy atom. The molecule has 2 unspecified atom stereocenters. The van der Waals surface area contributed by atoms with E-state index >= 15 is 0 Å². The molecule has 2 atom stereocenters. The van der Waals surface area contributed by atoms with Gasteiger partial charge in [-0.15, -0.1) is 0 Å². The maximum Gasteiger partial charge on any atom is 0.237 e. The van der Waals surface area contributed by atoms with Crippen LogP contribution < -0.4 is 10.6 Å². The van der Waals surface area contributed by atoms with Crippen molar-refractivity contribution in [3.8, 4) is 0 Å². The number of carbonyl (C=O) groups is 1. The molecule has 0 radical (unpaired) electrons. The highest BCUT2D eigenvalue weighted by Gasteiger charge is 2.34. The fourth-order valence-electron chi connectivity index (χ4n) is 2.07. The van der Waals surface area contributed by atoms with Crippen LogP contribution in [0, 0.1) is 5.41 Å². The highest BCUT2D eigenvalue weighted by molar-refractivity contribution is 7.99. The van der Waals surface area contributed by atoms with E-state index in [-0.39, 0.29) is 22.9 Å². The van der Waals surface area contributed by atoms with Gasteiger partial charge in [-0.3, -0.25) is 4.79 Å². The molecule has 0 spiro atoms. The van der Waals surface area contributed by atoms with Crippen molar-refractivity contribution in [1.29, 1.82) is 0 Å². The van der Waals surface area contributed by atoms with Gasteiger partial charge in [0, 0.05) is 17.3 Å². The average Bonchev–Trinajstić information content (AvgIpc) is 2.18. The quantitative estimate of drug-likeness (QED) is 0.829. The summed E-state index contributed by atoms with van der Waals surface area (Å²) in [4.78, 5) is 12.1. The molecule has 106 valence electrons. The molecule has 0 aromatic carbocycles. The number of nitrogens with one attached hydrogen (secondary N) is 2. The summed E-state index contributed by atoms with van der Waals surface area (Å²) in [5, 5.41) is 6.53. The van der Waals surface area contributed by atoms with Gasteiger partial charge in [0.1, 0.15) is 0 Å². The van der Waals surface area contributed by atoms with Crippen LogP contribution in [0.1, 0.15) is 48.0 Å². The molecule has 18 heavy (non-hydrogen) atoms. The molecule has 1 amide bonds. The van der Waals surface area contributed by atoms with Crippen LogP contribution in [0.3, 0.4) is 0 Å². The predicted molar refractivity (Wildman–Crippen MR) is 80.0 cm³/mol. The Morgan fingerprint density at radius 2 is 2.00 bits per heavy atom. The zero-order valence-electron chi connectivity index (χ0n) is 12.6. The summed E-state index contributed by atoms with van der Waals surface area (Å²) in [6.45, 7) is 12.6. The van der Waals surface area contributed by atoms with E-state index in [1.807, 2.05) is 39.5 Å². The maximum absolute atomic E-state index is 12.1. The third-order valence-electron chi connectivity index (χ3n) is 3.46. The van der Waals surface area contributed by atoms with Gasteiger partial charge in [0.2, 0.25) is 5.91 Å². The normalized spacial score (nSPS) is 25.6. The standard InChI is InChI=1S/C14H28N2OS/c1-10(12(17)16-13(2,3)4)15-11-9-18-8-7-14(11,5)6/h10-11,15H,7-9H2,1-6H3,(H,16,17). The van der Waals surface area contributed by atoms with Crippen molar-refractivity contribution < 1.29 is 4.79 Å². The van der Waals surface area contributed by atoms with Crippen LogP contribution >= 0.6 is 11.8 Å².